The van der Waals surface area contributed by atoms with E-state index in [0.29, 0.717) is 12.4 Å². The largest absolute Gasteiger partial charge is 0.481 e. The number of pyridine rings is 1. The van der Waals surface area contributed by atoms with Crippen molar-refractivity contribution >= 4 is 60.9 Å². The summed E-state index contributed by atoms with van der Waals surface area (Å²) in [7, 11) is -4.00. The smallest absolute Gasteiger partial charge is 0.310 e. The third kappa shape index (κ3) is 6.17. The number of anilines is 2. The Labute approximate surface area is 229 Å². The van der Waals surface area contributed by atoms with Gasteiger partial charge in [0.2, 0.25) is 0 Å². The van der Waals surface area contributed by atoms with Crippen molar-refractivity contribution in [1.82, 2.24) is 9.97 Å². The molecule has 0 radical (unpaired) electrons. The average molecular weight is 641 g/mol. The number of hydrogen-bond acceptors (Lipinski definition) is 7. The topological polar surface area (TPSA) is 112 Å². The van der Waals surface area contributed by atoms with Gasteiger partial charge in [0, 0.05) is 18.7 Å². The number of hydrogen-bond donors (Lipinski definition) is 2. The first kappa shape index (κ1) is 26.8. The van der Waals surface area contributed by atoms with Gasteiger partial charge in [-0.15, -0.1) is 0 Å². The molecule has 0 atom stereocenters. The van der Waals surface area contributed by atoms with Gasteiger partial charge in [0.25, 0.3) is 10.0 Å². The molecule has 3 aromatic rings. The number of rotatable bonds is 3. The summed E-state index contributed by atoms with van der Waals surface area (Å²) < 4.78 is 30.0. The molecule has 0 amide bonds. The van der Waals surface area contributed by atoms with Crippen LogP contribution in [0.1, 0.15) is 45.1 Å². The van der Waals surface area contributed by atoms with Gasteiger partial charge in [-0.3, -0.25) is 9.52 Å². The number of aliphatic carboxylic acids is 1. The second-order valence-corrected chi connectivity index (χ2v) is 14.0. The minimum absolute atomic E-state index is 0.130. The van der Waals surface area contributed by atoms with E-state index in [0.717, 1.165) is 46.2 Å². The van der Waals surface area contributed by atoms with Gasteiger partial charge in [-0.2, -0.15) is 8.42 Å². The highest BCUT2D eigenvalue weighted by atomic mass is 127. The Hall–Kier alpha value is -2.25. The Morgan fingerprint density at radius 3 is 2.64 bits per heavy atom. The van der Waals surface area contributed by atoms with Crippen molar-refractivity contribution in [2.75, 3.05) is 22.7 Å². The maximum atomic E-state index is 13.3. The van der Waals surface area contributed by atoms with Crippen LogP contribution >= 0.6 is 33.9 Å². The lowest BCUT2D eigenvalue weighted by atomic mass is 9.93. The van der Waals surface area contributed by atoms with E-state index in [-0.39, 0.29) is 16.7 Å². The quantitative estimate of drug-likeness (QED) is 0.356. The van der Waals surface area contributed by atoms with Gasteiger partial charge < -0.3 is 10.0 Å². The number of halogens is 1. The van der Waals surface area contributed by atoms with E-state index in [1.54, 1.807) is 26.0 Å². The molecule has 1 aromatic carbocycles. The molecule has 4 rings (SSSR count). The molecule has 0 unspecified atom stereocenters. The van der Waals surface area contributed by atoms with Crippen molar-refractivity contribution in [3.05, 3.63) is 50.9 Å². The van der Waals surface area contributed by atoms with Crippen molar-refractivity contribution in [3.8, 4) is 11.3 Å². The molecule has 1 aliphatic heterocycles. The number of nitrogens with one attached hydrogen (secondary N) is 1. The fourth-order valence-electron chi connectivity index (χ4n) is 4.17. The first-order valence-corrected chi connectivity index (χ1v) is 15.2. The first-order chi connectivity index (χ1) is 17.1. The van der Waals surface area contributed by atoms with Crippen LogP contribution in [-0.2, 0) is 21.2 Å². The maximum absolute atomic E-state index is 13.3. The Morgan fingerprint density at radius 1 is 1.11 bits per heavy atom. The normalized spacial score (nSPS) is 16.5. The Morgan fingerprint density at radius 2 is 1.86 bits per heavy atom. The van der Waals surface area contributed by atoms with Gasteiger partial charge in [-0.05, 0) is 73.4 Å². The van der Waals surface area contributed by atoms with E-state index in [4.69, 9.17) is 0 Å². The highest BCUT2D eigenvalue weighted by Gasteiger charge is 2.31. The molecule has 0 aliphatic carbocycles. The van der Waals surface area contributed by atoms with Gasteiger partial charge in [0.05, 0.1) is 14.0 Å². The van der Waals surface area contributed by atoms with E-state index < -0.39 is 21.4 Å². The number of sulfonamides is 1. The van der Waals surface area contributed by atoms with Crippen LogP contribution in [0.25, 0.3) is 11.3 Å². The second kappa shape index (κ2) is 11.0. The predicted molar refractivity (Wildman–Crippen MR) is 151 cm³/mol. The molecule has 192 valence electrons. The molecule has 0 spiro atoms. The number of carbonyl (C=O) groups is 1. The van der Waals surface area contributed by atoms with Gasteiger partial charge in [-0.25, -0.2) is 9.97 Å². The van der Waals surface area contributed by atoms with Gasteiger partial charge in [-0.1, -0.05) is 54.5 Å². The monoisotopic (exact) mass is 640 g/mol. The number of aryl methyl sites for hydroxylation is 1. The minimum Gasteiger partial charge on any atom is -0.481 e. The molecule has 4 bridgehead atoms. The summed E-state index contributed by atoms with van der Waals surface area (Å²) in [4.78, 5) is 22.8. The molecule has 1 aliphatic rings. The van der Waals surface area contributed by atoms with E-state index in [2.05, 4.69) is 43.3 Å². The highest BCUT2D eigenvalue weighted by Crippen LogP contribution is 2.35. The summed E-state index contributed by atoms with van der Waals surface area (Å²) in [5.74, 6) is -0.470. The van der Waals surface area contributed by atoms with E-state index in [9.17, 15) is 18.3 Å². The average Bonchev–Trinajstić information content (AvgIpc) is 3.19. The third-order valence-corrected chi connectivity index (χ3v) is 9.48. The van der Waals surface area contributed by atoms with Crippen LogP contribution in [0.2, 0.25) is 0 Å². The number of carboxylic acid groups (broad SMARTS) is 1. The van der Waals surface area contributed by atoms with Crippen molar-refractivity contribution in [2.24, 2.45) is 5.41 Å². The number of benzene rings is 1. The predicted octanol–water partition coefficient (Wildman–Crippen LogP) is 5.64. The number of fused-ring (bicyclic) bond motifs is 6. The molecule has 0 fully saturated rings. The Balaban J connectivity index is 1.73. The lowest BCUT2D eigenvalue weighted by Gasteiger charge is -2.31. The zero-order chi connectivity index (χ0) is 25.9. The SMILES string of the molecule is CC(C)(CN1CCCCCCc2ccccc2-c2nc(sc2I)NS(=O)(=O)c2cccc1n2)C(=O)O. The van der Waals surface area contributed by atoms with E-state index in [1.807, 2.05) is 23.1 Å². The van der Waals surface area contributed by atoms with Crippen LogP contribution in [0, 0.1) is 8.30 Å². The number of thiazole rings is 1. The van der Waals surface area contributed by atoms with Crippen molar-refractivity contribution in [3.63, 3.8) is 0 Å². The lowest BCUT2D eigenvalue weighted by Crippen LogP contribution is -2.40. The van der Waals surface area contributed by atoms with Crippen LogP contribution in [-0.4, -0.2) is 42.6 Å². The highest BCUT2D eigenvalue weighted by molar-refractivity contribution is 14.1. The summed E-state index contributed by atoms with van der Waals surface area (Å²) in [6, 6.07) is 12.9. The molecule has 2 aromatic heterocycles. The van der Waals surface area contributed by atoms with Crippen LogP contribution in [0.5, 0.6) is 0 Å². The Kier molecular flexibility index (Phi) is 8.20. The standard InChI is InChI=1S/C25H29IN4O4S2/c1-25(2,23(31)32)16-30-15-8-4-3-5-10-17-11-6-7-12-18(17)21-22(26)35-24(28-21)29-36(33,34)20-14-9-13-19(30)27-20/h6-7,9,11-14H,3-5,8,10,15-16H2,1-2H3,(H,28,29)(H,31,32). The van der Waals surface area contributed by atoms with Crippen LogP contribution < -0.4 is 9.62 Å². The fourth-order valence-corrected chi connectivity index (χ4v) is 7.11. The minimum atomic E-state index is -4.00. The lowest BCUT2D eigenvalue weighted by molar-refractivity contribution is -0.146. The van der Waals surface area contributed by atoms with Crippen LogP contribution in [0.15, 0.2) is 47.5 Å². The molecular weight excluding hydrogens is 611 g/mol. The zero-order valence-corrected chi connectivity index (χ0v) is 24.0. The number of carboxylic acids is 1. The first-order valence-electron chi connectivity index (χ1n) is 11.8. The zero-order valence-electron chi connectivity index (χ0n) is 20.2. The summed E-state index contributed by atoms with van der Waals surface area (Å²) >= 11 is 3.49. The number of nitrogens with zero attached hydrogens (tertiary/aromatic N) is 3. The maximum Gasteiger partial charge on any atom is 0.310 e. The van der Waals surface area contributed by atoms with Crippen molar-refractivity contribution < 1.29 is 18.3 Å². The van der Waals surface area contributed by atoms with E-state index in [1.165, 1.54) is 23.0 Å². The van der Waals surface area contributed by atoms with Gasteiger partial charge in [0.15, 0.2) is 10.2 Å². The molecular formula is C25H29IN4O4S2. The van der Waals surface area contributed by atoms with E-state index >= 15 is 0 Å². The van der Waals surface area contributed by atoms with Crippen LogP contribution in [0.4, 0.5) is 10.9 Å². The van der Waals surface area contributed by atoms with Gasteiger partial charge >= 0.3 is 5.97 Å². The molecule has 11 heteroatoms. The third-order valence-electron chi connectivity index (χ3n) is 6.18. The summed E-state index contributed by atoms with van der Waals surface area (Å²) in [5.41, 5.74) is 1.97. The summed E-state index contributed by atoms with van der Waals surface area (Å²) in [6.07, 6.45) is 4.78. The molecule has 8 nitrogen and oxygen atoms in total. The summed E-state index contributed by atoms with van der Waals surface area (Å²) in [5, 5.41) is 9.83. The number of aromatic nitrogens is 2. The summed E-state index contributed by atoms with van der Waals surface area (Å²) in [6.45, 7) is 4.14. The molecule has 36 heavy (non-hydrogen) atoms. The fraction of sp³-hybridized carbons (Fsp3) is 0.400. The molecule has 2 N–H and O–H groups in total. The molecule has 0 saturated carbocycles. The van der Waals surface area contributed by atoms with Crippen LogP contribution in [0.3, 0.4) is 0 Å². The molecule has 0 saturated heterocycles. The molecule has 3 heterocycles. The van der Waals surface area contributed by atoms with Crippen molar-refractivity contribution in [1.29, 1.82) is 0 Å². The Bertz CT molecular complexity index is 1360. The second-order valence-electron chi connectivity index (χ2n) is 9.51. The van der Waals surface area contributed by atoms with Crippen molar-refractivity contribution in [2.45, 2.75) is 51.0 Å². The van der Waals surface area contributed by atoms with Gasteiger partial charge in [0.1, 0.15) is 5.82 Å².